The summed E-state index contributed by atoms with van der Waals surface area (Å²) in [4.78, 5) is 4.36. The molecule has 1 saturated carbocycles. The largest absolute Gasteiger partial charge is 0.263 e. The van der Waals surface area contributed by atoms with Gasteiger partial charge in [0.05, 0.1) is 17.0 Å². The number of benzene rings is 1. The summed E-state index contributed by atoms with van der Waals surface area (Å²) >= 11 is 0. The highest BCUT2D eigenvalue weighted by molar-refractivity contribution is 5.39. The minimum Gasteiger partial charge on any atom is -0.263 e. The zero-order chi connectivity index (χ0) is 12.4. The molecule has 1 aromatic carbocycles. The Morgan fingerprint density at radius 2 is 1.89 bits per heavy atom. The van der Waals surface area contributed by atoms with E-state index < -0.39 is 0 Å². The van der Waals surface area contributed by atoms with Crippen LogP contribution in [0.15, 0.2) is 30.6 Å². The monoisotopic (exact) mass is 238 g/mol. The number of nitriles is 1. The third kappa shape index (κ3) is 1.60. The average molecular weight is 238 g/mol. The Morgan fingerprint density at radius 3 is 2.44 bits per heavy atom. The van der Waals surface area contributed by atoms with E-state index in [0.29, 0.717) is 5.56 Å². The van der Waals surface area contributed by atoms with Gasteiger partial charge in [-0.3, -0.25) is 5.10 Å². The zero-order valence-electron chi connectivity index (χ0n) is 10.1. The lowest BCUT2D eigenvalue weighted by atomic mass is 9.78. The van der Waals surface area contributed by atoms with Crippen LogP contribution in [-0.2, 0) is 5.41 Å². The fourth-order valence-corrected chi connectivity index (χ4v) is 2.94. The summed E-state index contributed by atoms with van der Waals surface area (Å²) in [5.74, 6) is 0.949. The topological polar surface area (TPSA) is 65.4 Å². The molecule has 0 aliphatic heterocycles. The molecular weight excluding hydrogens is 224 g/mol. The minimum absolute atomic E-state index is 0.0372. The molecule has 18 heavy (non-hydrogen) atoms. The van der Waals surface area contributed by atoms with Crippen molar-refractivity contribution >= 4 is 0 Å². The number of nitrogens with one attached hydrogen (secondary N) is 1. The van der Waals surface area contributed by atoms with Gasteiger partial charge in [-0.25, -0.2) is 4.98 Å². The van der Waals surface area contributed by atoms with Crippen molar-refractivity contribution in [2.75, 3.05) is 0 Å². The Kier molecular flexibility index (Phi) is 2.60. The van der Waals surface area contributed by atoms with Gasteiger partial charge in [0, 0.05) is 0 Å². The quantitative estimate of drug-likeness (QED) is 0.874. The van der Waals surface area contributed by atoms with Gasteiger partial charge in [0.15, 0.2) is 0 Å². The maximum atomic E-state index is 8.86. The highest BCUT2D eigenvalue weighted by Gasteiger charge is 2.39. The predicted molar refractivity (Wildman–Crippen MR) is 66.8 cm³/mol. The van der Waals surface area contributed by atoms with E-state index in [1.807, 2.05) is 24.3 Å². The summed E-state index contributed by atoms with van der Waals surface area (Å²) in [6, 6.07) is 10.0. The van der Waals surface area contributed by atoms with Gasteiger partial charge >= 0.3 is 0 Å². The molecule has 1 aromatic heterocycles. The van der Waals surface area contributed by atoms with Crippen LogP contribution in [0.3, 0.4) is 0 Å². The smallest absolute Gasteiger partial charge is 0.137 e. The summed E-state index contributed by atoms with van der Waals surface area (Å²) in [5, 5.41) is 15.9. The van der Waals surface area contributed by atoms with E-state index in [0.717, 1.165) is 18.7 Å². The van der Waals surface area contributed by atoms with Crippen molar-refractivity contribution in [3.8, 4) is 6.07 Å². The molecule has 4 nitrogen and oxygen atoms in total. The predicted octanol–water partition coefficient (Wildman–Crippen LogP) is 2.54. The third-order valence-electron chi connectivity index (χ3n) is 3.89. The Hall–Kier alpha value is -2.15. The highest BCUT2D eigenvalue weighted by atomic mass is 15.2. The van der Waals surface area contributed by atoms with Gasteiger partial charge in [0.25, 0.3) is 0 Å². The van der Waals surface area contributed by atoms with E-state index in [1.54, 1.807) is 6.33 Å². The molecule has 3 rings (SSSR count). The molecule has 4 heteroatoms. The summed E-state index contributed by atoms with van der Waals surface area (Å²) < 4.78 is 0. The molecule has 0 saturated heterocycles. The second kappa shape index (κ2) is 4.26. The molecule has 0 amide bonds. The van der Waals surface area contributed by atoms with Crippen molar-refractivity contribution < 1.29 is 0 Å². The van der Waals surface area contributed by atoms with Crippen LogP contribution in [0.2, 0.25) is 0 Å². The van der Waals surface area contributed by atoms with Crippen LogP contribution in [0.5, 0.6) is 0 Å². The van der Waals surface area contributed by atoms with Gasteiger partial charge in [-0.2, -0.15) is 10.4 Å². The molecule has 1 aliphatic carbocycles. The first-order chi connectivity index (χ1) is 8.85. The molecule has 1 fully saturated rings. The Labute approximate surface area is 106 Å². The van der Waals surface area contributed by atoms with Crippen LogP contribution in [0.1, 0.15) is 42.6 Å². The number of aromatic amines is 1. The summed E-state index contributed by atoms with van der Waals surface area (Å²) in [6.07, 6.45) is 6.17. The Balaban J connectivity index is 2.07. The average Bonchev–Trinajstić information content (AvgIpc) is 3.10. The van der Waals surface area contributed by atoms with E-state index in [9.17, 15) is 0 Å². The lowest BCUT2D eigenvalue weighted by molar-refractivity contribution is 0.501. The van der Waals surface area contributed by atoms with E-state index >= 15 is 0 Å². The number of hydrogen-bond donors (Lipinski definition) is 1. The van der Waals surface area contributed by atoms with Crippen molar-refractivity contribution in [2.45, 2.75) is 31.1 Å². The van der Waals surface area contributed by atoms with E-state index in [1.165, 1.54) is 18.4 Å². The molecule has 0 radical (unpaired) electrons. The van der Waals surface area contributed by atoms with Crippen molar-refractivity contribution in [3.63, 3.8) is 0 Å². The third-order valence-corrected chi connectivity index (χ3v) is 3.89. The van der Waals surface area contributed by atoms with E-state index in [-0.39, 0.29) is 5.41 Å². The van der Waals surface area contributed by atoms with Crippen molar-refractivity contribution in [2.24, 2.45) is 0 Å². The molecule has 0 spiro atoms. The first kappa shape index (κ1) is 11.0. The number of nitrogens with zero attached hydrogens (tertiary/aromatic N) is 3. The molecule has 1 heterocycles. The van der Waals surface area contributed by atoms with Crippen LogP contribution < -0.4 is 0 Å². The normalized spacial score (nSPS) is 17.5. The van der Waals surface area contributed by atoms with Crippen LogP contribution in [0, 0.1) is 11.3 Å². The van der Waals surface area contributed by atoms with Gasteiger partial charge in [0.1, 0.15) is 12.2 Å². The van der Waals surface area contributed by atoms with E-state index in [2.05, 4.69) is 21.3 Å². The number of rotatable bonds is 2. The van der Waals surface area contributed by atoms with Gasteiger partial charge in [0.2, 0.25) is 0 Å². The Morgan fingerprint density at radius 1 is 1.17 bits per heavy atom. The lowest BCUT2D eigenvalue weighted by Gasteiger charge is -2.26. The fraction of sp³-hybridized carbons (Fsp3) is 0.357. The van der Waals surface area contributed by atoms with Crippen molar-refractivity contribution in [1.29, 1.82) is 5.26 Å². The molecule has 0 unspecified atom stereocenters. The van der Waals surface area contributed by atoms with Gasteiger partial charge < -0.3 is 0 Å². The minimum atomic E-state index is -0.0372. The number of hydrogen-bond acceptors (Lipinski definition) is 3. The standard InChI is InChI=1S/C14H14N4/c15-9-11-3-5-12(6-4-11)14(7-1-2-8-14)13-16-10-17-18-13/h3-6,10H,1-2,7-8H2,(H,16,17,18). The van der Waals surface area contributed by atoms with Crippen LogP contribution in [-0.4, -0.2) is 15.2 Å². The maximum absolute atomic E-state index is 8.86. The highest BCUT2D eigenvalue weighted by Crippen LogP contribution is 2.44. The SMILES string of the molecule is N#Cc1ccc(C2(c3ncn[nH]3)CCCC2)cc1. The molecule has 1 aliphatic rings. The van der Waals surface area contributed by atoms with Gasteiger partial charge in [-0.05, 0) is 30.5 Å². The lowest BCUT2D eigenvalue weighted by Crippen LogP contribution is -2.25. The van der Waals surface area contributed by atoms with Gasteiger partial charge in [-0.1, -0.05) is 25.0 Å². The summed E-state index contributed by atoms with van der Waals surface area (Å²) in [5.41, 5.74) is 1.89. The van der Waals surface area contributed by atoms with E-state index in [4.69, 9.17) is 5.26 Å². The van der Waals surface area contributed by atoms with Crippen molar-refractivity contribution in [1.82, 2.24) is 15.2 Å². The number of aromatic nitrogens is 3. The summed E-state index contributed by atoms with van der Waals surface area (Å²) in [7, 11) is 0. The van der Waals surface area contributed by atoms with Gasteiger partial charge in [-0.15, -0.1) is 0 Å². The van der Waals surface area contributed by atoms with Crippen molar-refractivity contribution in [3.05, 3.63) is 47.5 Å². The molecule has 2 aromatic rings. The Bertz CT molecular complexity index is 557. The first-order valence-electron chi connectivity index (χ1n) is 6.22. The zero-order valence-corrected chi connectivity index (χ0v) is 10.1. The van der Waals surface area contributed by atoms with Crippen LogP contribution in [0.25, 0.3) is 0 Å². The number of H-pyrrole nitrogens is 1. The van der Waals surface area contributed by atoms with Crippen LogP contribution in [0.4, 0.5) is 0 Å². The molecular formula is C14H14N4. The molecule has 90 valence electrons. The fourth-order valence-electron chi connectivity index (χ4n) is 2.94. The second-order valence-electron chi connectivity index (χ2n) is 4.81. The van der Waals surface area contributed by atoms with Crippen LogP contribution >= 0.6 is 0 Å². The molecule has 0 atom stereocenters. The molecule has 1 N–H and O–H groups in total. The molecule has 0 bridgehead atoms. The summed E-state index contributed by atoms with van der Waals surface area (Å²) in [6.45, 7) is 0. The second-order valence-corrected chi connectivity index (χ2v) is 4.81. The first-order valence-corrected chi connectivity index (χ1v) is 6.22. The maximum Gasteiger partial charge on any atom is 0.137 e.